The summed E-state index contributed by atoms with van der Waals surface area (Å²) in [5.74, 6) is 0.0752. The number of aromatic nitrogens is 1. The van der Waals surface area contributed by atoms with Gasteiger partial charge >= 0.3 is 0 Å². The van der Waals surface area contributed by atoms with Crippen molar-refractivity contribution in [2.24, 2.45) is 0 Å². The van der Waals surface area contributed by atoms with Crippen LogP contribution in [0, 0.1) is 13.8 Å². The van der Waals surface area contributed by atoms with Crippen LogP contribution in [0.25, 0.3) is 0 Å². The first-order chi connectivity index (χ1) is 12.9. The van der Waals surface area contributed by atoms with Gasteiger partial charge in [-0.2, -0.15) is 0 Å². The van der Waals surface area contributed by atoms with Crippen LogP contribution in [-0.2, 0) is 22.4 Å². The summed E-state index contributed by atoms with van der Waals surface area (Å²) in [5.41, 5.74) is 6.05. The summed E-state index contributed by atoms with van der Waals surface area (Å²) in [6.45, 7) is 8.24. The first kappa shape index (κ1) is 20.6. The number of hydrogen-bond acceptors (Lipinski definition) is 3. The summed E-state index contributed by atoms with van der Waals surface area (Å²) in [6, 6.07) is 10.4. The van der Waals surface area contributed by atoms with Gasteiger partial charge in [0, 0.05) is 25.1 Å². The number of rotatable bonds is 8. The maximum absolute atomic E-state index is 11.9. The average Bonchev–Trinajstić information content (AvgIpc) is 2.65. The van der Waals surface area contributed by atoms with Gasteiger partial charge in [0.25, 0.3) is 0 Å². The predicted molar refractivity (Wildman–Crippen MR) is 109 cm³/mol. The Kier molecular flexibility index (Phi) is 7.53. The van der Waals surface area contributed by atoms with Crippen molar-refractivity contribution in [2.45, 2.75) is 53.4 Å². The van der Waals surface area contributed by atoms with Crippen molar-refractivity contribution in [3.63, 3.8) is 0 Å². The number of pyridine rings is 1. The molecule has 1 aromatic heterocycles. The van der Waals surface area contributed by atoms with Gasteiger partial charge in [0.2, 0.25) is 11.8 Å². The van der Waals surface area contributed by atoms with Crippen molar-refractivity contribution in [3.8, 4) is 0 Å². The van der Waals surface area contributed by atoms with Gasteiger partial charge < -0.3 is 10.6 Å². The molecule has 0 bridgehead atoms. The van der Waals surface area contributed by atoms with E-state index >= 15 is 0 Å². The Bertz CT molecular complexity index is 798. The highest BCUT2D eigenvalue weighted by molar-refractivity contribution is 5.92. The lowest BCUT2D eigenvalue weighted by Gasteiger charge is -2.15. The molecule has 1 aromatic carbocycles. The molecule has 144 valence electrons. The molecule has 0 aliphatic rings. The third kappa shape index (κ3) is 6.20. The second-order valence-corrected chi connectivity index (χ2v) is 6.73. The van der Waals surface area contributed by atoms with E-state index in [2.05, 4.69) is 39.9 Å². The van der Waals surface area contributed by atoms with Gasteiger partial charge in [-0.25, -0.2) is 0 Å². The number of amides is 2. The monoisotopic (exact) mass is 367 g/mol. The molecule has 2 amide bonds. The minimum Gasteiger partial charge on any atom is -0.356 e. The first-order valence-corrected chi connectivity index (χ1v) is 9.54. The number of nitrogens with zero attached hydrogens (tertiary/aromatic N) is 1. The summed E-state index contributed by atoms with van der Waals surface area (Å²) in [7, 11) is 0. The molecular formula is C22H29N3O2. The fraction of sp³-hybridized carbons (Fsp3) is 0.409. The molecule has 27 heavy (non-hydrogen) atoms. The van der Waals surface area contributed by atoms with E-state index in [0.717, 1.165) is 35.5 Å². The zero-order chi connectivity index (χ0) is 19.8. The van der Waals surface area contributed by atoms with Gasteiger partial charge in [-0.15, -0.1) is 0 Å². The smallest absolute Gasteiger partial charge is 0.224 e. The lowest BCUT2D eigenvalue weighted by atomic mass is 10.00. The van der Waals surface area contributed by atoms with Crippen molar-refractivity contribution < 1.29 is 9.59 Å². The molecule has 0 saturated carbocycles. The number of benzene rings is 1. The fourth-order valence-corrected chi connectivity index (χ4v) is 2.96. The van der Waals surface area contributed by atoms with E-state index in [9.17, 15) is 9.59 Å². The van der Waals surface area contributed by atoms with Crippen LogP contribution in [0.4, 0.5) is 5.69 Å². The van der Waals surface area contributed by atoms with Crippen molar-refractivity contribution in [1.29, 1.82) is 0 Å². The van der Waals surface area contributed by atoms with E-state index in [0.29, 0.717) is 19.4 Å². The maximum atomic E-state index is 11.9. The van der Waals surface area contributed by atoms with Gasteiger partial charge in [0.1, 0.15) is 0 Å². The van der Waals surface area contributed by atoms with E-state index in [-0.39, 0.29) is 11.8 Å². The maximum Gasteiger partial charge on any atom is 0.224 e. The first-order valence-electron chi connectivity index (χ1n) is 9.54. The van der Waals surface area contributed by atoms with Gasteiger partial charge in [0.15, 0.2) is 0 Å². The summed E-state index contributed by atoms with van der Waals surface area (Å²) < 4.78 is 0. The Labute approximate surface area is 161 Å². The van der Waals surface area contributed by atoms with Crippen molar-refractivity contribution >= 4 is 17.5 Å². The molecule has 2 rings (SSSR count). The molecule has 0 spiro atoms. The lowest BCUT2D eigenvalue weighted by molar-refractivity contribution is -0.120. The molecule has 0 atom stereocenters. The number of anilines is 1. The highest BCUT2D eigenvalue weighted by atomic mass is 16.2. The summed E-state index contributed by atoms with van der Waals surface area (Å²) >= 11 is 0. The Morgan fingerprint density at radius 2 is 1.59 bits per heavy atom. The Hall–Kier alpha value is -2.69. The number of aryl methyl sites for hydroxylation is 2. The quantitative estimate of drug-likeness (QED) is 0.747. The van der Waals surface area contributed by atoms with Crippen LogP contribution in [0.5, 0.6) is 0 Å². The lowest BCUT2D eigenvalue weighted by Crippen LogP contribution is -2.24. The molecule has 0 unspecified atom stereocenters. The minimum absolute atomic E-state index is 0.00511. The standard InChI is InChI=1S/C22H29N3O2/c1-5-20(26)23-12-11-17-7-9-18(10-8-17)14-19-13-15(3)24-16(4)22(19)25-21(27)6-2/h7-10,13H,5-6,11-12,14H2,1-4H3,(H,23,26)(H,25,27). The summed E-state index contributed by atoms with van der Waals surface area (Å²) in [5, 5.41) is 5.88. The van der Waals surface area contributed by atoms with E-state index in [1.165, 1.54) is 11.1 Å². The van der Waals surface area contributed by atoms with Gasteiger partial charge in [-0.05, 0) is 49.4 Å². The molecule has 0 fully saturated rings. The second-order valence-electron chi connectivity index (χ2n) is 6.73. The van der Waals surface area contributed by atoms with Crippen LogP contribution in [0.3, 0.4) is 0 Å². The Morgan fingerprint density at radius 3 is 2.22 bits per heavy atom. The van der Waals surface area contributed by atoms with Crippen LogP contribution in [0.2, 0.25) is 0 Å². The average molecular weight is 367 g/mol. The van der Waals surface area contributed by atoms with E-state index in [4.69, 9.17) is 0 Å². The summed E-state index contributed by atoms with van der Waals surface area (Å²) in [6.07, 6.45) is 2.50. The largest absolute Gasteiger partial charge is 0.356 e. The van der Waals surface area contributed by atoms with Gasteiger partial charge in [-0.1, -0.05) is 38.1 Å². The zero-order valence-corrected chi connectivity index (χ0v) is 16.7. The van der Waals surface area contributed by atoms with Crippen LogP contribution >= 0.6 is 0 Å². The molecule has 0 radical (unpaired) electrons. The molecule has 0 saturated heterocycles. The summed E-state index contributed by atoms with van der Waals surface area (Å²) in [4.78, 5) is 27.7. The molecule has 0 aliphatic heterocycles. The minimum atomic E-state index is -0.00511. The van der Waals surface area contributed by atoms with E-state index in [1.54, 1.807) is 0 Å². The molecular weight excluding hydrogens is 338 g/mol. The Morgan fingerprint density at radius 1 is 0.963 bits per heavy atom. The van der Waals surface area contributed by atoms with Crippen LogP contribution in [-0.4, -0.2) is 23.3 Å². The number of carbonyl (C=O) groups excluding carboxylic acids is 2. The topological polar surface area (TPSA) is 71.1 Å². The van der Waals surface area contributed by atoms with Crippen molar-refractivity contribution in [2.75, 3.05) is 11.9 Å². The normalized spacial score (nSPS) is 10.5. The van der Waals surface area contributed by atoms with Crippen LogP contribution in [0.1, 0.15) is 54.8 Å². The SMILES string of the molecule is CCC(=O)NCCc1ccc(Cc2cc(C)nc(C)c2NC(=O)CC)cc1. The second kappa shape index (κ2) is 9.86. The molecule has 2 aromatic rings. The van der Waals surface area contributed by atoms with E-state index in [1.807, 2.05) is 33.8 Å². The number of hydrogen-bond donors (Lipinski definition) is 2. The molecule has 5 nitrogen and oxygen atoms in total. The van der Waals surface area contributed by atoms with Crippen LogP contribution < -0.4 is 10.6 Å². The third-order valence-electron chi connectivity index (χ3n) is 4.47. The molecule has 0 aliphatic carbocycles. The highest BCUT2D eigenvalue weighted by Gasteiger charge is 2.12. The number of nitrogens with one attached hydrogen (secondary N) is 2. The molecule has 5 heteroatoms. The van der Waals surface area contributed by atoms with Crippen molar-refractivity contribution in [1.82, 2.24) is 10.3 Å². The number of carbonyl (C=O) groups is 2. The third-order valence-corrected chi connectivity index (χ3v) is 4.47. The molecule has 1 heterocycles. The zero-order valence-electron chi connectivity index (χ0n) is 16.7. The van der Waals surface area contributed by atoms with Crippen molar-refractivity contribution in [3.05, 3.63) is 58.4 Å². The van der Waals surface area contributed by atoms with Crippen LogP contribution in [0.15, 0.2) is 30.3 Å². The molecule has 2 N–H and O–H groups in total. The highest BCUT2D eigenvalue weighted by Crippen LogP contribution is 2.24. The van der Waals surface area contributed by atoms with Gasteiger partial charge in [0.05, 0.1) is 11.4 Å². The fourth-order valence-electron chi connectivity index (χ4n) is 2.96. The van der Waals surface area contributed by atoms with Gasteiger partial charge in [-0.3, -0.25) is 14.6 Å². The van der Waals surface area contributed by atoms with E-state index < -0.39 is 0 Å². The predicted octanol–water partition coefficient (Wildman–Crippen LogP) is 3.71. The Balaban J connectivity index is 2.10.